The van der Waals surface area contributed by atoms with Gasteiger partial charge in [-0.3, -0.25) is 0 Å². The van der Waals surface area contributed by atoms with E-state index in [1.165, 1.54) is 17.2 Å². The molecule has 3 fully saturated rings. The molecule has 0 aliphatic carbocycles. The molecule has 2 N–H and O–H groups in total. The standard InChI is InChI=1S/C27H29ClF2N6O5/c1-14-3-4-18(32-14)19-9-22(34-24(33-19)23(29)30)36-11-17(8-21(36)26(37)38)41-25-20(7-16(28)10-31-25)35-5-6-40-27(15(35)2)12-39-13-27/h3-4,7,9-10,15,17,21,23,32H,5-6,8,11-13H2,1-2H3,(H,37,38)/t15-,17-,21-/m0/s1. The summed E-state index contributed by atoms with van der Waals surface area (Å²) in [5.41, 5.74) is 1.82. The molecule has 3 aromatic rings. The number of carboxylic acids is 1. The number of morpholine rings is 1. The van der Waals surface area contributed by atoms with E-state index >= 15 is 0 Å². The van der Waals surface area contributed by atoms with Crippen molar-refractivity contribution in [2.45, 2.75) is 50.5 Å². The number of hydrogen-bond donors (Lipinski definition) is 2. The number of H-pyrrole nitrogens is 1. The van der Waals surface area contributed by atoms with Crippen molar-refractivity contribution in [3.63, 3.8) is 0 Å². The van der Waals surface area contributed by atoms with Gasteiger partial charge < -0.3 is 34.1 Å². The summed E-state index contributed by atoms with van der Waals surface area (Å²) in [6.45, 7) is 5.99. The summed E-state index contributed by atoms with van der Waals surface area (Å²) in [5.74, 6) is -1.43. The minimum atomic E-state index is -2.94. The zero-order valence-electron chi connectivity index (χ0n) is 22.4. The van der Waals surface area contributed by atoms with E-state index in [1.54, 1.807) is 18.2 Å². The van der Waals surface area contributed by atoms with Crippen LogP contribution in [0, 0.1) is 6.92 Å². The van der Waals surface area contributed by atoms with Crippen LogP contribution in [0.1, 0.15) is 31.3 Å². The highest BCUT2D eigenvalue weighted by Gasteiger charge is 2.50. The predicted molar refractivity (Wildman–Crippen MR) is 145 cm³/mol. The fourth-order valence-electron chi connectivity index (χ4n) is 5.63. The lowest BCUT2D eigenvalue weighted by Gasteiger charge is -2.53. The molecule has 0 bridgehead atoms. The van der Waals surface area contributed by atoms with Crippen molar-refractivity contribution in [3.05, 3.63) is 47.0 Å². The lowest BCUT2D eigenvalue weighted by molar-refractivity contribution is -0.228. The van der Waals surface area contributed by atoms with Crippen LogP contribution in [0.4, 0.5) is 20.3 Å². The number of anilines is 2. The van der Waals surface area contributed by atoms with Crippen LogP contribution in [-0.4, -0.2) is 87.7 Å². The van der Waals surface area contributed by atoms with Gasteiger partial charge in [0.2, 0.25) is 5.88 Å². The van der Waals surface area contributed by atoms with Gasteiger partial charge in [-0.1, -0.05) is 11.6 Å². The topological polar surface area (TPSA) is 126 Å². The third-order valence-corrected chi connectivity index (χ3v) is 8.11. The van der Waals surface area contributed by atoms with E-state index in [4.69, 9.17) is 25.8 Å². The first-order valence-electron chi connectivity index (χ1n) is 13.3. The number of nitrogens with zero attached hydrogens (tertiary/aromatic N) is 5. The zero-order chi connectivity index (χ0) is 28.9. The van der Waals surface area contributed by atoms with Crippen molar-refractivity contribution in [2.24, 2.45) is 0 Å². The highest BCUT2D eigenvalue weighted by Crippen LogP contribution is 2.40. The SMILES string of the molecule is Cc1ccc(-c2cc(N3C[C@@H](Oc4ncc(Cl)cc4N4CCOC5(COC5)[C@@H]4C)C[C@H]3C(=O)O)nc(C(F)F)n2)[nH]1. The molecule has 218 valence electrons. The van der Waals surface area contributed by atoms with Crippen molar-refractivity contribution in [3.8, 4) is 17.3 Å². The number of aryl methyl sites for hydroxylation is 1. The van der Waals surface area contributed by atoms with Crippen LogP contribution in [0.3, 0.4) is 0 Å². The molecular weight excluding hydrogens is 562 g/mol. The second-order valence-corrected chi connectivity index (χ2v) is 11.0. The number of aromatic nitrogens is 4. The summed E-state index contributed by atoms with van der Waals surface area (Å²) in [7, 11) is 0. The second-order valence-electron chi connectivity index (χ2n) is 10.6. The average molecular weight is 591 g/mol. The number of halogens is 3. The smallest absolute Gasteiger partial charge is 0.326 e. The summed E-state index contributed by atoms with van der Waals surface area (Å²) in [6.07, 6.45) is -2.01. The molecule has 14 heteroatoms. The van der Waals surface area contributed by atoms with Crippen LogP contribution in [0.5, 0.6) is 5.88 Å². The van der Waals surface area contributed by atoms with Crippen LogP contribution in [-0.2, 0) is 14.3 Å². The normalized spacial score (nSPS) is 23.7. The molecule has 3 aliphatic heterocycles. The molecule has 0 saturated carbocycles. The van der Waals surface area contributed by atoms with Gasteiger partial charge in [0.25, 0.3) is 6.43 Å². The Labute approximate surface area is 239 Å². The summed E-state index contributed by atoms with van der Waals surface area (Å²) in [5, 5.41) is 10.5. The van der Waals surface area contributed by atoms with Gasteiger partial charge >= 0.3 is 5.97 Å². The quantitative estimate of drug-likeness (QED) is 0.419. The molecule has 3 saturated heterocycles. The second kappa shape index (κ2) is 10.7. The first-order chi connectivity index (χ1) is 19.6. The zero-order valence-corrected chi connectivity index (χ0v) is 23.1. The Bertz CT molecular complexity index is 1450. The highest BCUT2D eigenvalue weighted by molar-refractivity contribution is 6.30. The van der Waals surface area contributed by atoms with Crippen molar-refractivity contribution >= 4 is 29.1 Å². The minimum Gasteiger partial charge on any atom is -0.480 e. The summed E-state index contributed by atoms with van der Waals surface area (Å²) < 4.78 is 45.4. The largest absolute Gasteiger partial charge is 0.480 e. The average Bonchev–Trinajstić information content (AvgIpc) is 3.55. The number of hydrogen-bond acceptors (Lipinski definition) is 9. The number of carboxylic acid groups (broad SMARTS) is 1. The molecule has 6 heterocycles. The summed E-state index contributed by atoms with van der Waals surface area (Å²) in [4.78, 5) is 31.4. The van der Waals surface area contributed by atoms with Gasteiger partial charge in [-0.2, -0.15) is 0 Å². The fraction of sp³-hybridized carbons (Fsp3) is 0.481. The number of pyridine rings is 1. The maximum absolute atomic E-state index is 13.8. The molecule has 11 nitrogen and oxygen atoms in total. The number of carbonyl (C=O) groups is 1. The Hall–Kier alpha value is -3.55. The Morgan fingerprint density at radius 2 is 2.07 bits per heavy atom. The van der Waals surface area contributed by atoms with Gasteiger partial charge in [-0.05, 0) is 32.0 Å². The van der Waals surface area contributed by atoms with Gasteiger partial charge in [-0.25, -0.2) is 28.5 Å². The van der Waals surface area contributed by atoms with Crippen molar-refractivity contribution in [2.75, 3.05) is 42.7 Å². The fourth-order valence-corrected chi connectivity index (χ4v) is 5.78. The van der Waals surface area contributed by atoms with Crippen LogP contribution in [0.15, 0.2) is 30.5 Å². The molecule has 3 aromatic heterocycles. The number of nitrogens with one attached hydrogen (secondary N) is 1. The van der Waals surface area contributed by atoms with Crippen molar-refractivity contribution in [1.82, 2.24) is 19.9 Å². The molecule has 3 aliphatic rings. The van der Waals surface area contributed by atoms with Crippen LogP contribution < -0.4 is 14.5 Å². The Morgan fingerprint density at radius 3 is 2.73 bits per heavy atom. The lowest BCUT2D eigenvalue weighted by Crippen LogP contribution is -2.68. The number of alkyl halides is 2. The summed E-state index contributed by atoms with van der Waals surface area (Å²) >= 11 is 6.33. The minimum absolute atomic E-state index is 0.0525. The van der Waals surface area contributed by atoms with Gasteiger partial charge in [-0.15, -0.1) is 0 Å². The first-order valence-corrected chi connectivity index (χ1v) is 13.6. The molecule has 0 radical (unpaired) electrons. The molecule has 3 atom stereocenters. The third kappa shape index (κ3) is 5.17. The molecule has 0 aromatic carbocycles. The summed E-state index contributed by atoms with van der Waals surface area (Å²) in [6, 6.07) is 5.68. The van der Waals surface area contributed by atoms with E-state index in [2.05, 4.69) is 24.8 Å². The van der Waals surface area contributed by atoms with Gasteiger partial charge in [0.15, 0.2) is 5.82 Å². The van der Waals surface area contributed by atoms with Crippen LogP contribution in [0.2, 0.25) is 5.02 Å². The third-order valence-electron chi connectivity index (χ3n) is 7.90. The molecule has 6 rings (SSSR count). The van der Waals surface area contributed by atoms with E-state index in [9.17, 15) is 18.7 Å². The molecule has 1 spiro atoms. The molecule has 0 amide bonds. The monoisotopic (exact) mass is 590 g/mol. The number of aromatic amines is 1. The first kappa shape index (κ1) is 27.6. The Kier molecular flexibility index (Phi) is 7.20. The van der Waals surface area contributed by atoms with Crippen molar-refractivity contribution < 1.29 is 32.9 Å². The predicted octanol–water partition coefficient (Wildman–Crippen LogP) is 3.87. The van der Waals surface area contributed by atoms with Crippen LogP contribution in [0.25, 0.3) is 11.4 Å². The maximum atomic E-state index is 13.8. The van der Waals surface area contributed by atoms with Gasteiger partial charge in [0.1, 0.15) is 29.3 Å². The van der Waals surface area contributed by atoms with Gasteiger partial charge in [0, 0.05) is 30.9 Å². The molecular formula is C27H29ClF2N6O5. The van der Waals surface area contributed by atoms with Gasteiger partial charge in [0.05, 0.1) is 48.8 Å². The van der Waals surface area contributed by atoms with E-state index in [1.807, 2.05) is 13.8 Å². The van der Waals surface area contributed by atoms with Crippen LogP contribution >= 0.6 is 11.6 Å². The van der Waals surface area contributed by atoms with E-state index in [0.717, 1.165) is 5.69 Å². The number of rotatable bonds is 7. The highest BCUT2D eigenvalue weighted by atomic mass is 35.5. The molecule has 0 unspecified atom stereocenters. The van der Waals surface area contributed by atoms with E-state index in [-0.39, 0.29) is 30.5 Å². The van der Waals surface area contributed by atoms with Crippen molar-refractivity contribution in [1.29, 1.82) is 0 Å². The Morgan fingerprint density at radius 1 is 1.27 bits per heavy atom. The number of aliphatic carboxylic acids is 1. The molecule has 41 heavy (non-hydrogen) atoms. The van der Waals surface area contributed by atoms with E-state index < -0.39 is 36.0 Å². The number of ether oxygens (including phenoxy) is 3. The lowest BCUT2D eigenvalue weighted by atomic mass is 9.90. The Balaban J connectivity index is 1.29. The maximum Gasteiger partial charge on any atom is 0.326 e. The van der Waals surface area contributed by atoms with E-state index in [0.29, 0.717) is 48.6 Å².